The largest absolute Gasteiger partial charge is 0.461 e. The molecule has 116 valence electrons. The third kappa shape index (κ3) is 2.77. The first-order valence-electron chi connectivity index (χ1n) is 7.63. The summed E-state index contributed by atoms with van der Waals surface area (Å²) in [5.74, 6) is 1.47. The van der Waals surface area contributed by atoms with Crippen molar-refractivity contribution >= 4 is 5.91 Å². The Balaban J connectivity index is 1.36. The minimum absolute atomic E-state index is 0.0872. The van der Waals surface area contributed by atoms with Gasteiger partial charge in [0.05, 0.1) is 6.26 Å². The zero-order chi connectivity index (χ0) is 15.6. The Kier molecular flexibility index (Phi) is 3.46. The quantitative estimate of drug-likeness (QED) is 0.742. The van der Waals surface area contributed by atoms with Crippen molar-refractivity contribution in [3.05, 3.63) is 66.1 Å². The summed E-state index contributed by atoms with van der Waals surface area (Å²) in [5.41, 5.74) is 1.64. The molecule has 3 heterocycles. The van der Waals surface area contributed by atoms with Crippen molar-refractivity contribution < 1.29 is 13.7 Å². The van der Waals surface area contributed by atoms with E-state index in [4.69, 9.17) is 8.94 Å². The second-order valence-electron chi connectivity index (χ2n) is 5.82. The van der Waals surface area contributed by atoms with Crippen LogP contribution in [-0.2, 0) is 6.42 Å². The summed E-state index contributed by atoms with van der Waals surface area (Å²) in [6, 6.07) is 15.5. The number of nitrogens with zero attached hydrogens (tertiary/aromatic N) is 2. The maximum Gasteiger partial charge on any atom is 0.276 e. The SMILES string of the molecule is O=C(c1cc(-c2ccco2)on1)N1CC(Cc2ccccc2)C1. The van der Waals surface area contributed by atoms with E-state index in [1.807, 2.05) is 18.2 Å². The highest BCUT2D eigenvalue weighted by Crippen LogP contribution is 2.25. The van der Waals surface area contributed by atoms with Gasteiger partial charge in [0, 0.05) is 19.2 Å². The summed E-state index contributed by atoms with van der Waals surface area (Å²) in [6.45, 7) is 1.52. The first-order chi connectivity index (χ1) is 11.3. The van der Waals surface area contributed by atoms with Crippen LogP contribution >= 0.6 is 0 Å². The Morgan fingerprint density at radius 2 is 1.96 bits per heavy atom. The number of carbonyl (C=O) groups excluding carboxylic acids is 1. The fourth-order valence-corrected chi connectivity index (χ4v) is 2.89. The molecule has 2 aromatic heterocycles. The van der Waals surface area contributed by atoms with Crippen LogP contribution in [0.25, 0.3) is 11.5 Å². The zero-order valence-corrected chi connectivity index (χ0v) is 12.5. The molecule has 1 aromatic carbocycles. The molecule has 0 N–H and O–H groups in total. The molecule has 0 atom stereocenters. The van der Waals surface area contributed by atoms with E-state index in [0.717, 1.165) is 19.5 Å². The summed E-state index contributed by atoms with van der Waals surface area (Å²) in [4.78, 5) is 14.2. The number of rotatable bonds is 4. The van der Waals surface area contributed by atoms with Crippen LogP contribution in [0.4, 0.5) is 0 Å². The Labute approximate surface area is 133 Å². The lowest BCUT2D eigenvalue weighted by molar-refractivity contribution is 0.0491. The summed E-state index contributed by atoms with van der Waals surface area (Å²) in [6.07, 6.45) is 2.56. The summed E-state index contributed by atoms with van der Waals surface area (Å²) >= 11 is 0. The highest BCUT2D eigenvalue weighted by atomic mass is 16.5. The van der Waals surface area contributed by atoms with E-state index in [1.165, 1.54) is 5.56 Å². The number of carbonyl (C=O) groups is 1. The second-order valence-corrected chi connectivity index (χ2v) is 5.82. The van der Waals surface area contributed by atoms with Crippen molar-refractivity contribution in [2.24, 2.45) is 5.92 Å². The van der Waals surface area contributed by atoms with Crippen LogP contribution in [0.1, 0.15) is 16.1 Å². The lowest BCUT2D eigenvalue weighted by atomic mass is 9.92. The molecule has 1 aliphatic heterocycles. The molecule has 3 aromatic rings. The van der Waals surface area contributed by atoms with E-state index in [-0.39, 0.29) is 5.91 Å². The van der Waals surface area contributed by atoms with Crippen molar-refractivity contribution in [1.29, 1.82) is 0 Å². The van der Waals surface area contributed by atoms with Gasteiger partial charge in [0.25, 0.3) is 5.91 Å². The normalized spacial score (nSPS) is 14.7. The molecule has 1 saturated heterocycles. The summed E-state index contributed by atoms with van der Waals surface area (Å²) in [7, 11) is 0. The van der Waals surface area contributed by atoms with Crippen molar-refractivity contribution in [1.82, 2.24) is 10.1 Å². The van der Waals surface area contributed by atoms with Crippen LogP contribution in [0, 0.1) is 5.92 Å². The molecule has 0 radical (unpaired) electrons. The van der Waals surface area contributed by atoms with Crippen LogP contribution in [0.5, 0.6) is 0 Å². The average Bonchev–Trinajstić information content (AvgIpc) is 3.21. The lowest BCUT2D eigenvalue weighted by Crippen LogP contribution is -2.50. The minimum Gasteiger partial charge on any atom is -0.461 e. The highest BCUT2D eigenvalue weighted by Gasteiger charge is 2.32. The van der Waals surface area contributed by atoms with E-state index < -0.39 is 0 Å². The van der Waals surface area contributed by atoms with E-state index in [9.17, 15) is 4.79 Å². The fraction of sp³-hybridized carbons (Fsp3) is 0.222. The lowest BCUT2D eigenvalue weighted by Gasteiger charge is -2.38. The van der Waals surface area contributed by atoms with Crippen molar-refractivity contribution in [3.8, 4) is 11.5 Å². The number of likely N-dealkylation sites (tertiary alicyclic amines) is 1. The first kappa shape index (κ1) is 13.8. The van der Waals surface area contributed by atoms with Gasteiger partial charge in [-0.3, -0.25) is 4.79 Å². The molecule has 1 fully saturated rings. The number of amides is 1. The molecule has 5 nitrogen and oxygen atoms in total. The topological polar surface area (TPSA) is 59.5 Å². The van der Waals surface area contributed by atoms with Gasteiger partial charge in [0.15, 0.2) is 11.5 Å². The molecule has 1 amide bonds. The van der Waals surface area contributed by atoms with Gasteiger partial charge in [-0.05, 0) is 30.0 Å². The molecule has 0 saturated carbocycles. The predicted octanol–water partition coefficient (Wildman–Crippen LogP) is 3.25. The molecule has 0 bridgehead atoms. The van der Waals surface area contributed by atoms with Crippen LogP contribution in [0.15, 0.2) is 63.7 Å². The number of hydrogen-bond acceptors (Lipinski definition) is 4. The number of aromatic nitrogens is 1. The average molecular weight is 308 g/mol. The number of benzene rings is 1. The van der Waals surface area contributed by atoms with Crippen LogP contribution in [-0.4, -0.2) is 29.1 Å². The number of hydrogen-bond donors (Lipinski definition) is 0. The first-order valence-corrected chi connectivity index (χ1v) is 7.63. The van der Waals surface area contributed by atoms with Crippen LogP contribution in [0.2, 0.25) is 0 Å². The maximum absolute atomic E-state index is 12.4. The van der Waals surface area contributed by atoms with Crippen molar-refractivity contribution in [2.75, 3.05) is 13.1 Å². The Morgan fingerprint density at radius 1 is 1.13 bits per heavy atom. The van der Waals surface area contributed by atoms with E-state index in [1.54, 1.807) is 29.4 Å². The minimum atomic E-state index is -0.0872. The van der Waals surface area contributed by atoms with Gasteiger partial charge in [-0.15, -0.1) is 0 Å². The van der Waals surface area contributed by atoms with Gasteiger partial charge < -0.3 is 13.8 Å². The van der Waals surface area contributed by atoms with Crippen LogP contribution < -0.4 is 0 Å². The third-order valence-electron chi connectivity index (χ3n) is 4.10. The molecule has 4 rings (SSSR count). The zero-order valence-electron chi connectivity index (χ0n) is 12.5. The molecule has 5 heteroatoms. The van der Waals surface area contributed by atoms with Gasteiger partial charge in [-0.1, -0.05) is 35.5 Å². The summed E-state index contributed by atoms with van der Waals surface area (Å²) in [5, 5.41) is 3.86. The van der Waals surface area contributed by atoms with Crippen molar-refractivity contribution in [3.63, 3.8) is 0 Å². The number of furan rings is 1. The molecule has 23 heavy (non-hydrogen) atoms. The molecular weight excluding hydrogens is 292 g/mol. The molecule has 0 aliphatic carbocycles. The second kappa shape index (κ2) is 5.76. The monoisotopic (exact) mass is 308 g/mol. The maximum atomic E-state index is 12.4. The van der Waals surface area contributed by atoms with Gasteiger partial charge >= 0.3 is 0 Å². The van der Waals surface area contributed by atoms with Gasteiger partial charge in [-0.25, -0.2) is 0 Å². The van der Waals surface area contributed by atoms with Crippen LogP contribution in [0.3, 0.4) is 0 Å². The standard InChI is InChI=1S/C18H16N2O3/c21-18(15-10-17(23-19-15)16-7-4-8-22-16)20-11-14(12-20)9-13-5-2-1-3-6-13/h1-8,10,14H,9,11-12H2. The Hall–Kier alpha value is -2.82. The van der Waals surface area contributed by atoms with E-state index in [2.05, 4.69) is 17.3 Å². The molecule has 0 spiro atoms. The molecule has 1 aliphatic rings. The van der Waals surface area contributed by atoms with E-state index >= 15 is 0 Å². The Bertz CT molecular complexity index is 787. The Morgan fingerprint density at radius 3 is 2.70 bits per heavy atom. The van der Waals surface area contributed by atoms with Crippen molar-refractivity contribution in [2.45, 2.75) is 6.42 Å². The predicted molar refractivity (Wildman–Crippen MR) is 83.7 cm³/mol. The van der Waals surface area contributed by atoms with E-state index in [0.29, 0.717) is 23.1 Å². The van der Waals surface area contributed by atoms with Gasteiger partial charge in [0.2, 0.25) is 5.76 Å². The smallest absolute Gasteiger partial charge is 0.276 e. The molecular formula is C18H16N2O3. The fourth-order valence-electron chi connectivity index (χ4n) is 2.89. The third-order valence-corrected chi connectivity index (χ3v) is 4.10. The molecule has 0 unspecified atom stereocenters. The highest BCUT2D eigenvalue weighted by molar-refractivity contribution is 5.93. The van der Waals surface area contributed by atoms with Gasteiger partial charge in [0.1, 0.15) is 0 Å². The van der Waals surface area contributed by atoms with Gasteiger partial charge in [-0.2, -0.15) is 0 Å². The summed E-state index contributed by atoms with van der Waals surface area (Å²) < 4.78 is 10.4.